The molecule has 0 unspecified atom stereocenters. The molecule has 4 rings (SSSR count). The van der Waals surface area contributed by atoms with Crippen LogP contribution in [0.15, 0.2) is 95.1 Å². The molecule has 0 fully saturated rings. The Hall–Kier alpha value is -3.51. The van der Waals surface area contributed by atoms with Crippen LogP contribution in [0.2, 0.25) is 0 Å². The van der Waals surface area contributed by atoms with Crippen molar-refractivity contribution in [3.8, 4) is 5.75 Å². The van der Waals surface area contributed by atoms with E-state index in [1.54, 1.807) is 18.9 Å². The van der Waals surface area contributed by atoms with Gasteiger partial charge < -0.3 is 15.4 Å². The van der Waals surface area contributed by atoms with Gasteiger partial charge in [0.25, 0.3) is 5.91 Å². The SMILES string of the molecule is COc1cc([C@@H]2N=C(SCc3ccccc3)NC(C)=C2C(=O)Nc2ccccc2)ccc1C. The summed E-state index contributed by atoms with van der Waals surface area (Å²) in [6.45, 7) is 3.93. The highest BCUT2D eigenvalue weighted by Crippen LogP contribution is 2.35. The third-order valence-electron chi connectivity index (χ3n) is 5.46. The molecular weight excluding hydrogens is 430 g/mol. The van der Waals surface area contributed by atoms with E-state index in [1.165, 1.54) is 5.56 Å². The summed E-state index contributed by atoms with van der Waals surface area (Å²) in [6.07, 6.45) is 0. The highest BCUT2D eigenvalue weighted by atomic mass is 32.2. The van der Waals surface area contributed by atoms with Crippen molar-refractivity contribution in [2.75, 3.05) is 12.4 Å². The van der Waals surface area contributed by atoms with Crippen molar-refractivity contribution in [2.45, 2.75) is 25.6 Å². The topological polar surface area (TPSA) is 62.7 Å². The summed E-state index contributed by atoms with van der Waals surface area (Å²) >= 11 is 1.63. The van der Waals surface area contributed by atoms with Crippen molar-refractivity contribution in [1.29, 1.82) is 0 Å². The van der Waals surface area contributed by atoms with Gasteiger partial charge in [0, 0.05) is 17.1 Å². The molecule has 3 aromatic carbocycles. The molecule has 1 aliphatic rings. The second kappa shape index (κ2) is 10.4. The maximum Gasteiger partial charge on any atom is 0.255 e. The number of hydrogen-bond acceptors (Lipinski definition) is 5. The number of benzene rings is 3. The molecule has 0 aromatic heterocycles. The average molecular weight is 458 g/mol. The van der Waals surface area contributed by atoms with Gasteiger partial charge in [-0.1, -0.05) is 72.4 Å². The molecule has 0 aliphatic carbocycles. The lowest BCUT2D eigenvalue weighted by Crippen LogP contribution is -2.32. The van der Waals surface area contributed by atoms with Gasteiger partial charge in [-0.25, -0.2) is 4.99 Å². The number of anilines is 1. The Labute approximate surface area is 199 Å². The minimum absolute atomic E-state index is 0.174. The lowest BCUT2D eigenvalue weighted by atomic mass is 9.94. The molecule has 168 valence electrons. The number of nitrogens with zero attached hydrogens (tertiary/aromatic N) is 1. The highest BCUT2D eigenvalue weighted by Gasteiger charge is 2.30. The normalized spacial score (nSPS) is 15.5. The van der Waals surface area contributed by atoms with E-state index in [0.717, 1.165) is 39.2 Å². The zero-order valence-corrected chi connectivity index (χ0v) is 19.8. The van der Waals surface area contributed by atoms with Gasteiger partial charge in [0.05, 0.1) is 12.7 Å². The van der Waals surface area contributed by atoms with Crippen LogP contribution >= 0.6 is 11.8 Å². The molecule has 1 heterocycles. The number of nitrogens with one attached hydrogen (secondary N) is 2. The molecule has 3 aromatic rings. The number of hydrogen-bond donors (Lipinski definition) is 2. The number of amides is 1. The van der Waals surface area contributed by atoms with Crippen LogP contribution in [0, 0.1) is 6.92 Å². The van der Waals surface area contributed by atoms with Gasteiger partial charge in [0.2, 0.25) is 0 Å². The molecule has 1 aliphatic heterocycles. The zero-order chi connectivity index (χ0) is 23.2. The molecule has 0 radical (unpaired) electrons. The number of aliphatic imine (C=N–C) groups is 1. The number of rotatable bonds is 6. The largest absolute Gasteiger partial charge is 0.496 e. The quantitative estimate of drug-likeness (QED) is 0.487. The fourth-order valence-corrected chi connectivity index (χ4v) is 4.61. The summed E-state index contributed by atoms with van der Waals surface area (Å²) < 4.78 is 5.54. The number of aryl methyl sites for hydroxylation is 1. The molecule has 33 heavy (non-hydrogen) atoms. The summed E-state index contributed by atoms with van der Waals surface area (Å²) in [7, 11) is 1.66. The third kappa shape index (κ3) is 5.46. The number of thioether (sulfide) groups is 1. The molecular formula is C27H27N3O2S. The number of para-hydroxylation sites is 1. The predicted molar refractivity (Wildman–Crippen MR) is 137 cm³/mol. The summed E-state index contributed by atoms with van der Waals surface area (Å²) in [5.74, 6) is 1.39. The molecule has 1 amide bonds. The van der Waals surface area contributed by atoms with Crippen molar-refractivity contribution in [2.24, 2.45) is 4.99 Å². The minimum Gasteiger partial charge on any atom is -0.496 e. The lowest BCUT2D eigenvalue weighted by Gasteiger charge is -2.27. The van der Waals surface area contributed by atoms with E-state index < -0.39 is 6.04 Å². The average Bonchev–Trinajstić information content (AvgIpc) is 2.84. The molecule has 0 saturated heterocycles. The standard InChI is InChI=1S/C27H27N3O2S/c1-18-14-15-21(16-23(18)32-3)25-24(26(31)29-22-12-8-5-9-13-22)19(2)28-27(30-25)33-17-20-10-6-4-7-11-20/h4-16,25H,17H2,1-3H3,(H,28,30)(H,29,31)/t25-/m0/s1. The molecule has 2 N–H and O–H groups in total. The third-order valence-corrected chi connectivity index (χ3v) is 6.42. The Balaban J connectivity index is 1.66. The van der Waals surface area contributed by atoms with Gasteiger partial charge in [0.15, 0.2) is 5.17 Å². The van der Waals surface area contributed by atoms with Crippen LogP contribution in [0.5, 0.6) is 5.75 Å². The Morgan fingerprint density at radius 2 is 1.73 bits per heavy atom. The number of carbonyl (C=O) groups excluding carboxylic acids is 1. The number of ether oxygens (including phenoxy) is 1. The second-order valence-corrected chi connectivity index (χ2v) is 8.79. The van der Waals surface area contributed by atoms with Gasteiger partial charge >= 0.3 is 0 Å². The molecule has 0 saturated carbocycles. The first-order chi connectivity index (χ1) is 16.0. The fourth-order valence-electron chi connectivity index (χ4n) is 3.71. The van der Waals surface area contributed by atoms with Crippen molar-refractivity contribution >= 4 is 28.5 Å². The fraction of sp³-hybridized carbons (Fsp3) is 0.185. The number of allylic oxidation sites excluding steroid dienone is 1. The second-order valence-electron chi connectivity index (χ2n) is 7.82. The predicted octanol–water partition coefficient (Wildman–Crippen LogP) is 5.85. The smallest absolute Gasteiger partial charge is 0.255 e. The highest BCUT2D eigenvalue weighted by molar-refractivity contribution is 8.13. The molecule has 6 heteroatoms. The van der Waals surface area contributed by atoms with E-state index in [0.29, 0.717) is 5.57 Å². The van der Waals surface area contributed by atoms with E-state index in [9.17, 15) is 4.79 Å². The van der Waals surface area contributed by atoms with Crippen LogP contribution in [0.25, 0.3) is 0 Å². The number of methoxy groups -OCH3 is 1. The molecule has 5 nitrogen and oxygen atoms in total. The van der Waals surface area contributed by atoms with E-state index >= 15 is 0 Å². The van der Waals surface area contributed by atoms with Crippen molar-refractivity contribution in [1.82, 2.24) is 5.32 Å². The van der Waals surface area contributed by atoms with E-state index in [1.807, 2.05) is 80.6 Å². The van der Waals surface area contributed by atoms with E-state index in [2.05, 4.69) is 22.8 Å². The Kier molecular flexibility index (Phi) is 7.15. The van der Waals surface area contributed by atoms with Crippen molar-refractivity contribution in [3.05, 3.63) is 107 Å². The summed E-state index contributed by atoms with van der Waals surface area (Å²) in [6, 6.07) is 25.3. The lowest BCUT2D eigenvalue weighted by molar-refractivity contribution is -0.113. The van der Waals surface area contributed by atoms with Crippen molar-refractivity contribution < 1.29 is 9.53 Å². The Morgan fingerprint density at radius 1 is 1.03 bits per heavy atom. The summed E-state index contributed by atoms with van der Waals surface area (Å²) in [5.41, 5.74) is 5.29. The Morgan fingerprint density at radius 3 is 2.42 bits per heavy atom. The van der Waals surface area contributed by atoms with Gasteiger partial charge in [-0.05, 0) is 48.7 Å². The maximum absolute atomic E-state index is 13.4. The number of carbonyl (C=O) groups is 1. The molecule has 1 atom stereocenters. The van der Waals surface area contributed by atoms with Crippen LogP contribution in [-0.4, -0.2) is 18.2 Å². The first kappa shape index (κ1) is 22.7. The molecule has 0 spiro atoms. The van der Waals surface area contributed by atoms with Gasteiger partial charge in [-0.2, -0.15) is 0 Å². The van der Waals surface area contributed by atoms with Crippen LogP contribution in [-0.2, 0) is 10.5 Å². The van der Waals surface area contributed by atoms with Gasteiger partial charge in [-0.3, -0.25) is 4.79 Å². The van der Waals surface area contributed by atoms with E-state index in [-0.39, 0.29) is 5.91 Å². The first-order valence-corrected chi connectivity index (χ1v) is 11.8. The van der Waals surface area contributed by atoms with Crippen molar-refractivity contribution in [3.63, 3.8) is 0 Å². The minimum atomic E-state index is -0.442. The van der Waals surface area contributed by atoms with Gasteiger partial charge in [-0.15, -0.1) is 0 Å². The molecule has 0 bridgehead atoms. The van der Waals surface area contributed by atoms with Crippen LogP contribution in [0.1, 0.15) is 29.7 Å². The van der Waals surface area contributed by atoms with Crippen LogP contribution in [0.3, 0.4) is 0 Å². The number of amidine groups is 1. The Bertz CT molecular complexity index is 1190. The van der Waals surface area contributed by atoms with Crippen LogP contribution in [0.4, 0.5) is 5.69 Å². The summed E-state index contributed by atoms with van der Waals surface area (Å²) in [4.78, 5) is 18.3. The van der Waals surface area contributed by atoms with Crippen LogP contribution < -0.4 is 15.4 Å². The monoisotopic (exact) mass is 457 g/mol. The van der Waals surface area contributed by atoms with E-state index in [4.69, 9.17) is 9.73 Å². The summed E-state index contributed by atoms with van der Waals surface area (Å²) in [5, 5.41) is 7.14. The zero-order valence-electron chi connectivity index (χ0n) is 19.0. The first-order valence-electron chi connectivity index (χ1n) is 10.8. The maximum atomic E-state index is 13.4. The van der Waals surface area contributed by atoms with Gasteiger partial charge in [0.1, 0.15) is 11.8 Å².